The van der Waals surface area contributed by atoms with Gasteiger partial charge in [0, 0.05) is 32.8 Å². The van der Waals surface area contributed by atoms with Gasteiger partial charge in [-0.1, -0.05) is 0 Å². The molecule has 5 heteroatoms. The molecule has 96 valence electrons. The van der Waals surface area contributed by atoms with Crippen molar-refractivity contribution in [3.05, 3.63) is 11.4 Å². The molecule has 0 saturated carbocycles. The number of aromatic nitrogens is 2. The van der Waals surface area contributed by atoms with Gasteiger partial charge < -0.3 is 15.0 Å². The lowest BCUT2D eigenvalue weighted by atomic mass is 10.3. The first-order valence-electron chi connectivity index (χ1n) is 5.92. The van der Waals surface area contributed by atoms with Crippen LogP contribution >= 0.6 is 0 Å². The van der Waals surface area contributed by atoms with E-state index in [1.807, 2.05) is 34.9 Å². The van der Waals surface area contributed by atoms with Crippen LogP contribution in [-0.2, 0) is 4.74 Å². The van der Waals surface area contributed by atoms with E-state index in [0.29, 0.717) is 6.61 Å². The lowest BCUT2D eigenvalue weighted by molar-refractivity contribution is 0.154. The first-order chi connectivity index (χ1) is 8.10. The van der Waals surface area contributed by atoms with Crippen molar-refractivity contribution in [2.75, 3.05) is 44.1 Å². The number of ether oxygens (including phenoxy) is 1. The standard InChI is InChI=1S/C12H22N4O/c1-6-17-8-7-16(5)12-9(2)11(13-4)14-10(3)15-12/h6-8H2,1-5H3,(H,13,14,15). The van der Waals surface area contributed by atoms with Crippen molar-refractivity contribution >= 4 is 11.6 Å². The van der Waals surface area contributed by atoms with E-state index in [4.69, 9.17) is 4.74 Å². The average Bonchev–Trinajstić information content (AvgIpc) is 2.31. The Bertz CT molecular complexity index is 368. The summed E-state index contributed by atoms with van der Waals surface area (Å²) in [6.07, 6.45) is 0. The minimum absolute atomic E-state index is 0.713. The Balaban J connectivity index is 2.84. The monoisotopic (exact) mass is 238 g/mol. The Kier molecular flexibility index (Phi) is 5.15. The summed E-state index contributed by atoms with van der Waals surface area (Å²) in [5.41, 5.74) is 1.07. The Morgan fingerprint density at radius 1 is 1.29 bits per heavy atom. The number of likely N-dealkylation sites (N-methyl/N-ethyl adjacent to an activating group) is 1. The SMILES string of the molecule is CCOCCN(C)c1nc(C)nc(NC)c1C. The summed E-state index contributed by atoms with van der Waals surface area (Å²) in [5, 5.41) is 3.09. The smallest absolute Gasteiger partial charge is 0.137 e. The second kappa shape index (κ2) is 6.39. The molecule has 0 aliphatic heterocycles. The molecule has 0 aliphatic rings. The van der Waals surface area contributed by atoms with E-state index in [1.54, 1.807) is 0 Å². The molecule has 17 heavy (non-hydrogen) atoms. The summed E-state index contributed by atoms with van der Waals surface area (Å²) in [6, 6.07) is 0. The van der Waals surface area contributed by atoms with E-state index in [-0.39, 0.29) is 0 Å². The highest BCUT2D eigenvalue weighted by Gasteiger charge is 2.11. The van der Waals surface area contributed by atoms with Gasteiger partial charge in [0.2, 0.25) is 0 Å². The summed E-state index contributed by atoms with van der Waals surface area (Å²) < 4.78 is 5.35. The molecule has 1 N–H and O–H groups in total. The molecule has 1 aromatic heterocycles. The van der Waals surface area contributed by atoms with Crippen LogP contribution in [0.25, 0.3) is 0 Å². The van der Waals surface area contributed by atoms with E-state index >= 15 is 0 Å². The van der Waals surface area contributed by atoms with Gasteiger partial charge in [0.05, 0.1) is 6.61 Å². The number of aryl methyl sites for hydroxylation is 1. The third kappa shape index (κ3) is 3.56. The van der Waals surface area contributed by atoms with Crippen LogP contribution < -0.4 is 10.2 Å². The zero-order chi connectivity index (χ0) is 12.8. The molecule has 0 aromatic carbocycles. The van der Waals surface area contributed by atoms with Crippen LogP contribution in [-0.4, -0.2) is 43.8 Å². The van der Waals surface area contributed by atoms with Crippen molar-refractivity contribution in [2.45, 2.75) is 20.8 Å². The molecule has 0 atom stereocenters. The fourth-order valence-electron chi connectivity index (χ4n) is 1.68. The van der Waals surface area contributed by atoms with Crippen LogP contribution in [0, 0.1) is 13.8 Å². The predicted octanol–water partition coefficient (Wildman–Crippen LogP) is 1.61. The normalized spacial score (nSPS) is 10.4. The van der Waals surface area contributed by atoms with Crippen molar-refractivity contribution < 1.29 is 4.74 Å². The zero-order valence-electron chi connectivity index (χ0n) is 11.4. The number of hydrogen-bond donors (Lipinski definition) is 1. The first-order valence-corrected chi connectivity index (χ1v) is 5.92. The fourth-order valence-corrected chi connectivity index (χ4v) is 1.68. The van der Waals surface area contributed by atoms with Crippen molar-refractivity contribution in [1.82, 2.24) is 9.97 Å². The van der Waals surface area contributed by atoms with Gasteiger partial charge in [0.15, 0.2) is 0 Å². The molecule has 0 radical (unpaired) electrons. The van der Waals surface area contributed by atoms with Gasteiger partial charge in [-0.05, 0) is 20.8 Å². The summed E-state index contributed by atoms with van der Waals surface area (Å²) in [5.74, 6) is 2.62. The van der Waals surface area contributed by atoms with Gasteiger partial charge in [0.1, 0.15) is 17.5 Å². The molecular weight excluding hydrogens is 216 g/mol. The Labute approximate surface area is 103 Å². The third-order valence-electron chi connectivity index (χ3n) is 2.61. The number of rotatable bonds is 6. The molecule has 0 fully saturated rings. The van der Waals surface area contributed by atoms with Crippen LogP contribution in [0.2, 0.25) is 0 Å². The molecule has 0 amide bonds. The van der Waals surface area contributed by atoms with Gasteiger partial charge in [-0.3, -0.25) is 0 Å². The molecule has 0 unspecified atom stereocenters. The maximum Gasteiger partial charge on any atom is 0.137 e. The zero-order valence-corrected chi connectivity index (χ0v) is 11.4. The van der Waals surface area contributed by atoms with Crippen LogP contribution in [0.4, 0.5) is 11.6 Å². The van der Waals surface area contributed by atoms with Gasteiger partial charge in [-0.2, -0.15) is 0 Å². The van der Waals surface area contributed by atoms with Gasteiger partial charge in [-0.25, -0.2) is 9.97 Å². The number of hydrogen-bond acceptors (Lipinski definition) is 5. The molecule has 0 bridgehead atoms. The number of nitrogens with zero attached hydrogens (tertiary/aromatic N) is 3. The largest absolute Gasteiger partial charge is 0.380 e. The van der Waals surface area contributed by atoms with Crippen molar-refractivity contribution in [2.24, 2.45) is 0 Å². The first kappa shape index (κ1) is 13.7. The summed E-state index contributed by atoms with van der Waals surface area (Å²) in [4.78, 5) is 10.9. The molecule has 1 aromatic rings. The van der Waals surface area contributed by atoms with Crippen LogP contribution in [0.15, 0.2) is 0 Å². The van der Waals surface area contributed by atoms with E-state index in [2.05, 4.69) is 20.2 Å². The minimum atomic E-state index is 0.713. The van der Waals surface area contributed by atoms with Crippen molar-refractivity contribution in [3.8, 4) is 0 Å². The number of nitrogens with one attached hydrogen (secondary N) is 1. The van der Waals surface area contributed by atoms with E-state index in [0.717, 1.165) is 36.2 Å². The predicted molar refractivity (Wildman–Crippen MR) is 70.8 cm³/mol. The third-order valence-corrected chi connectivity index (χ3v) is 2.61. The summed E-state index contributed by atoms with van der Waals surface area (Å²) in [6.45, 7) is 8.22. The van der Waals surface area contributed by atoms with Gasteiger partial charge in [0.25, 0.3) is 0 Å². The van der Waals surface area contributed by atoms with E-state index < -0.39 is 0 Å². The van der Waals surface area contributed by atoms with E-state index in [1.165, 1.54) is 0 Å². The van der Waals surface area contributed by atoms with Crippen LogP contribution in [0.5, 0.6) is 0 Å². The van der Waals surface area contributed by atoms with Gasteiger partial charge >= 0.3 is 0 Å². The van der Waals surface area contributed by atoms with E-state index in [9.17, 15) is 0 Å². The molecule has 0 aliphatic carbocycles. The maximum absolute atomic E-state index is 5.35. The Morgan fingerprint density at radius 2 is 2.00 bits per heavy atom. The summed E-state index contributed by atoms with van der Waals surface area (Å²) in [7, 11) is 3.89. The molecule has 0 saturated heterocycles. The van der Waals surface area contributed by atoms with Crippen LogP contribution in [0.1, 0.15) is 18.3 Å². The van der Waals surface area contributed by atoms with Gasteiger partial charge in [-0.15, -0.1) is 0 Å². The fraction of sp³-hybridized carbons (Fsp3) is 0.667. The topological polar surface area (TPSA) is 50.3 Å². The minimum Gasteiger partial charge on any atom is -0.380 e. The summed E-state index contributed by atoms with van der Waals surface area (Å²) >= 11 is 0. The van der Waals surface area contributed by atoms with Crippen molar-refractivity contribution in [3.63, 3.8) is 0 Å². The quantitative estimate of drug-likeness (QED) is 0.763. The highest BCUT2D eigenvalue weighted by atomic mass is 16.5. The Hall–Kier alpha value is -1.36. The van der Waals surface area contributed by atoms with Crippen molar-refractivity contribution in [1.29, 1.82) is 0 Å². The number of anilines is 2. The molecule has 1 rings (SSSR count). The highest BCUT2D eigenvalue weighted by molar-refractivity contribution is 5.58. The average molecular weight is 238 g/mol. The highest BCUT2D eigenvalue weighted by Crippen LogP contribution is 2.21. The lowest BCUT2D eigenvalue weighted by Gasteiger charge is -2.21. The second-order valence-electron chi connectivity index (χ2n) is 3.94. The molecule has 5 nitrogen and oxygen atoms in total. The lowest BCUT2D eigenvalue weighted by Crippen LogP contribution is -2.25. The second-order valence-corrected chi connectivity index (χ2v) is 3.94. The molecular formula is C12H22N4O. The Morgan fingerprint density at radius 3 is 2.59 bits per heavy atom. The maximum atomic E-state index is 5.35. The van der Waals surface area contributed by atoms with Crippen LogP contribution in [0.3, 0.4) is 0 Å². The molecule has 1 heterocycles. The molecule has 0 spiro atoms.